The first-order chi connectivity index (χ1) is 9.93. The first-order valence-electron chi connectivity index (χ1n) is 5.98. The van der Waals surface area contributed by atoms with Gasteiger partial charge >= 0.3 is 5.97 Å². The van der Waals surface area contributed by atoms with Crippen molar-refractivity contribution in [3.05, 3.63) is 63.9 Å². The molecule has 0 aliphatic heterocycles. The van der Waals surface area contributed by atoms with Crippen LogP contribution in [0.25, 0.3) is 0 Å². The van der Waals surface area contributed by atoms with Crippen LogP contribution in [0.15, 0.2) is 46.9 Å². The summed E-state index contributed by atoms with van der Waals surface area (Å²) < 4.78 is 14.2. The van der Waals surface area contributed by atoms with Gasteiger partial charge in [-0.1, -0.05) is 18.2 Å². The topological polar surface area (TPSA) is 57.6 Å². The van der Waals surface area contributed by atoms with E-state index in [1.165, 1.54) is 31.3 Å². The van der Waals surface area contributed by atoms with E-state index in [4.69, 9.17) is 5.11 Å². The summed E-state index contributed by atoms with van der Waals surface area (Å²) in [6.07, 6.45) is 0. The van der Waals surface area contributed by atoms with E-state index in [2.05, 4.69) is 15.9 Å². The third-order valence-corrected chi connectivity index (χ3v) is 3.64. The van der Waals surface area contributed by atoms with E-state index in [0.29, 0.717) is 4.47 Å². The molecular weight excluding hydrogens is 341 g/mol. The Morgan fingerprint density at radius 3 is 2.43 bits per heavy atom. The number of rotatable bonds is 3. The molecule has 6 heteroatoms. The van der Waals surface area contributed by atoms with Crippen molar-refractivity contribution in [2.24, 2.45) is 0 Å². The number of carboxylic acid groups (broad SMARTS) is 1. The molecule has 0 bridgehead atoms. The van der Waals surface area contributed by atoms with Crippen molar-refractivity contribution in [1.29, 1.82) is 0 Å². The number of benzene rings is 2. The minimum Gasteiger partial charge on any atom is -0.478 e. The Bertz CT molecular complexity index is 698. The Kier molecular flexibility index (Phi) is 4.37. The molecule has 0 aromatic heterocycles. The minimum absolute atomic E-state index is 0.0270. The molecule has 0 heterocycles. The van der Waals surface area contributed by atoms with Crippen LogP contribution in [0.3, 0.4) is 0 Å². The smallest absolute Gasteiger partial charge is 0.337 e. The van der Waals surface area contributed by atoms with Gasteiger partial charge in [-0.2, -0.15) is 0 Å². The summed E-state index contributed by atoms with van der Waals surface area (Å²) in [6, 6.07) is 10.3. The molecular formula is C15H11BrFNO3. The van der Waals surface area contributed by atoms with E-state index in [0.717, 1.165) is 4.90 Å². The van der Waals surface area contributed by atoms with Gasteiger partial charge in [0.05, 0.1) is 16.8 Å². The lowest BCUT2D eigenvalue weighted by atomic mass is 10.1. The number of carboxylic acids is 1. The first kappa shape index (κ1) is 15.2. The molecule has 0 radical (unpaired) electrons. The van der Waals surface area contributed by atoms with E-state index >= 15 is 0 Å². The van der Waals surface area contributed by atoms with Gasteiger partial charge in [-0.25, -0.2) is 9.18 Å². The molecule has 0 unspecified atom stereocenters. The molecule has 2 aromatic carbocycles. The molecule has 0 aliphatic carbocycles. The summed E-state index contributed by atoms with van der Waals surface area (Å²) >= 11 is 3.13. The number of anilines is 1. The highest BCUT2D eigenvalue weighted by Gasteiger charge is 2.23. The van der Waals surface area contributed by atoms with Gasteiger partial charge in [0, 0.05) is 11.5 Å². The zero-order chi connectivity index (χ0) is 15.6. The minimum atomic E-state index is -1.15. The Balaban J connectivity index is 2.48. The molecule has 1 N–H and O–H groups in total. The lowest BCUT2D eigenvalue weighted by Gasteiger charge is -2.20. The summed E-state index contributed by atoms with van der Waals surface area (Å²) in [4.78, 5) is 24.7. The highest BCUT2D eigenvalue weighted by atomic mass is 79.9. The van der Waals surface area contributed by atoms with Gasteiger partial charge in [0.2, 0.25) is 0 Å². The van der Waals surface area contributed by atoms with Crippen LogP contribution >= 0.6 is 15.9 Å². The lowest BCUT2D eigenvalue weighted by Crippen LogP contribution is -2.29. The van der Waals surface area contributed by atoms with Crippen LogP contribution in [0.2, 0.25) is 0 Å². The van der Waals surface area contributed by atoms with Crippen LogP contribution in [0.4, 0.5) is 10.1 Å². The van der Waals surface area contributed by atoms with Gasteiger partial charge in [0.15, 0.2) is 0 Å². The third-order valence-electron chi connectivity index (χ3n) is 2.98. The van der Waals surface area contributed by atoms with Gasteiger partial charge in [-0.3, -0.25) is 4.79 Å². The first-order valence-corrected chi connectivity index (χ1v) is 6.77. The second-order valence-electron chi connectivity index (χ2n) is 4.28. The third kappa shape index (κ3) is 2.95. The molecule has 0 atom stereocenters. The fourth-order valence-electron chi connectivity index (χ4n) is 1.93. The van der Waals surface area contributed by atoms with Gasteiger partial charge in [0.1, 0.15) is 5.82 Å². The van der Waals surface area contributed by atoms with Gasteiger partial charge in [-0.05, 0) is 40.2 Å². The molecule has 4 nitrogen and oxygen atoms in total. The number of aromatic carboxylic acids is 1. The molecule has 21 heavy (non-hydrogen) atoms. The average Bonchev–Trinajstić information content (AvgIpc) is 2.46. The van der Waals surface area contributed by atoms with E-state index < -0.39 is 17.7 Å². The van der Waals surface area contributed by atoms with Crippen LogP contribution < -0.4 is 4.90 Å². The Morgan fingerprint density at radius 2 is 1.81 bits per heavy atom. The zero-order valence-electron chi connectivity index (χ0n) is 11.0. The van der Waals surface area contributed by atoms with Crippen LogP contribution in [-0.2, 0) is 0 Å². The second kappa shape index (κ2) is 6.05. The van der Waals surface area contributed by atoms with Gasteiger partial charge < -0.3 is 10.0 Å². The molecule has 0 saturated carbocycles. The van der Waals surface area contributed by atoms with E-state index in [9.17, 15) is 14.0 Å². The molecule has 0 fully saturated rings. The fraction of sp³-hybridized carbons (Fsp3) is 0.0667. The van der Waals surface area contributed by atoms with Crippen LogP contribution in [0, 0.1) is 5.82 Å². The van der Waals surface area contributed by atoms with Crippen molar-refractivity contribution in [2.75, 3.05) is 11.9 Å². The fourth-order valence-corrected chi connectivity index (χ4v) is 2.44. The van der Waals surface area contributed by atoms with Crippen molar-refractivity contribution in [3.8, 4) is 0 Å². The van der Waals surface area contributed by atoms with Crippen molar-refractivity contribution in [3.63, 3.8) is 0 Å². The number of halogens is 2. The van der Waals surface area contributed by atoms with Crippen LogP contribution in [0.5, 0.6) is 0 Å². The Morgan fingerprint density at radius 1 is 1.14 bits per heavy atom. The van der Waals surface area contributed by atoms with Crippen LogP contribution in [-0.4, -0.2) is 24.0 Å². The maximum absolute atomic E-state index is 13.8. The largest absolute Gasteiger partial charge is 0.478 e. The number of hydrogen-bond acceptors (Lipinski definition) is 2. The number of para-hydroxylation sites is 1. The maximum Gasteiger partial charge on any atom is 0.337 e. The average molecular weight is 352 g/mol. The Labute approximate surface area is 128 Å². The van der Waals surface area contributed by atoms with E-state index in [1.807, 2.05) is 0 Å². The van der Waals surface area contributed by atoms with Crippen molar-refractivity contribution in [2.45, 2.75) is 0 Å². The SMILES string of the molecule is CN(C(=O)c1c(F)cccc1Br)c1ccccc1C(=O)O. The van der Waals surface area contributed by atoms with Crippen LogP contribution in [0.1, 0.15) is 20.7 Å². The van der Waals surface area contributed by atoms with E-state index in [1.54, 1.807) is 18.2 Å². The monoisotopic (exact) mass is 351 g/mol. The summed E-state index contributed by atoms with van der Waals surface area (Å²) in [7, 11) is 1.41. The summed E-state index contributed by atoms with van der Waals surface area (Å²) in [6.45, 7) is 0. The molecule has 0 saturated heterocycles. The molecule has 2 rings (SSSR count). The number of carbonyl (C=O) groups is 2. The molecule has 0 spiro atoms. The highest BCUT2D eigenvalue weighted by molar-refractivity contribution is 9.10. The predicted octanol–water partition coefficient (Wildman–Crippen LogP) is 3.56. The molecule has 1 amide bonds. The maximum atomic E-state index is 13.8. The molecule has 0 aliphatic rings. The van der Waals surface area contributed by atoms with Crippen molar-refractivity contribution < 1.29 is 19.1 Å². The lowest BCUT2D eigenvalue weighted by molar-refractivity contribution is 0.0697. The Hall–Kier alpha value is -2.21. The summed E-state index contributed by atoms with van der Waals surface area (Å²) in [5, 5.41) is 9.15. The number of amides is 1. The van der Waals surface area contributed by atoms with Gasteiger partial charge in [-0.15, -0.1) is 0 Å². The highest BCUT2D eigenvalue weighted by Crippen LogP contribution is 2.25. The zero-order valence-corrected chi connectivity index (χ0v) is 12.6. The van der Waals surface area contributed by atoms with Crippen molar-refractivity contribution >= 4 is 33.5 Å². The van der Waals surface area contributed by atoms with Crippen molar-refractivity contribution in [1.82, 2.24) is 0 Å². The molecule has 108 valence electrons. The second-order valence-corrected chi connectivity index (χ2v) is 5.14. The number of nitrogens with zero attached hydrogens (tertiary/aromatic N) is 1. The molecule has 2 aromatic rings. The summed E-state index contributed by atoms with van der Waals surface area (Å²) in [5.74, 6) is -2.46. The van der Waals surface area contributed by atoms with Gasteiger partial charge in [0.25, 0.3) is 5.91 Å². The summed E-state index contributed by atoms with van der Waals surface area (Å²) in [5.41, 5.74) is 0.0335. The standard InChI is InChI=1S/C15H11BrFNO3/c1-18(12-8-3-2-5-9(12)15(20)21)14(19)13-10(16)6-4-7-11(13)17/h2-8H,1H3,(H,20,21). The normalized spacial score (nSPS) is 10.2. The number of hydrogen-bond donors (Lipinski definition) is 1. The number of carbonyl (C=O) groups excluding carboxylic acids is 1. The van der Waals surface area contributed by atoms with E-state index in [-0.39, 0.29) is 16.8 Å². The quantitative estimate of drug-likeness (QED) is 0.919. The predicted molar refractivity (Wildman–Crippen MR) is 80.2 cm³/mol.